The van der Waals surface area contributed by atoms with Gasteiger partial charge in [-0.3, -0.25) is 0 Å². The van der Waals surface area contributed by atoms with Gasteiger partial charge in [-0.2, -0.15) is 0 Å². The summed E-state index contributed by atoms with van der Waals surface area (Å²) in [6, 6.07) is 20.1. The van der Waals surface area contributed by atoms with E-state index in [1.54, 1.807) is 14.2 Å². The van der Waals surface area contributed by atoms with Crippen molar-refractivity contribution in [2.45, 2.75) is 57.8 Å². The molecule has 0 radical (unpaired) electrons. The summed E-state index contributed by atoms with van der Waals surface area (Å²) in [5, 5.41) is 6.46. The molecule has 4 N–H and O–H groups in total. The molecule has 8 nitrogen and oxygen atoms in total. The maximum absolute atomic E-state index is 13.6. The molecular formula is C35H48N4O4. The van der Waals surface area contributed by atoms with Gasteiger partial charge in [-0.15, -0.1) is 0 Å². The van der Waals surface area contributed by atoms with Crippen molar-refractivity contribution < 1.29 is 19.0 Å². The SMILES string of the molecule is COCCOc1ccccc1N1CCCC(CNC(=O)Nc2c(C(C)C)cc(N)cc2C(C)C)(c2cccc(OC)c2)C1. The van der Waals surface area contributed by atoms with Gasteiger partial charge in [-0.05, 0) is 77.8 Å². The number of ether oxygens (including phenoxy) is 3. The highest BCUT2D eigenvalue weighted by Crippen LogP contribution is 2.40. The molecule has 2 amide bonds. The van der Waals surface area contributed by atoms with Crippen LogP contribution in [0.15, 0.2) is 60.7 Å². The maximum Gasteiger partial charge on any atom is 0.319 e. The summed E-state index contributed by atoms with van der Waals surface area (Å²) < 4.78 is 16.9. The third-order valence-electron chi connectivity index (χ3n) is 8.30. The second-order valence-electron chi connectivity index (χ2n) is 12.0. The minimum Gasteiger partial charge on any atom is -0.497 e. The van der Waals surface area contributed by atoms with E-state index in [-0.39, 0.29) is 23.3 Å². The van der Waals surface area contributed by atoms with Gasteiger partial charge in [0.2, 0.25) is 0 Å². The fraction of sp³-hybridized carbons (Fsp3) is 0.457. The second-order valence-corrected chi connectivity index (χ2v) is 12.0. The van der Waals surface area contributed by atoms with Crippen LogP contribution in [0.2, 0.25) is 0 Å². The average Bonchev–Trinajstić information content (AvgIpc) is 3.01. The van der Waals surface area contributed by atoms with Crippen LogP contribution < -0.4 is 30.7 Å². The van der Waals surface area contributed by atoms with Crippen molar-refractivity contribution in [2.75, 3.05) is 63.0 Å². The molecule has 1 fully saturated rings. The molecule has 1 aliphatic heterocycles. The topological polar surface area (TPSA) is 98.1 Å². The van der Waals surface area contributed by atoms with Gasteiger partial charge in [-0.25, -0.2) is 4.79 Å². The van der Waals surface area contributed by atoms with Gasteiger partial charge >= 0.3 is 6.03 Å². The lowest BCUT2D eigenvalue weighted by Crippen LogP contribution is -2.53. The Labute approximate surface area is 256 Å². The molecule has 8 heteroatoms. The Kier molecular flexibility index (Phi) is 10.8. The molecule has 1 unspecified atom stereocenters. The van der Waals surface area contributed by atoms with Crippen LogP contribution in [0, 0.1) is 0 Å². The number of carbonyl (C=O) groups excluding carboxylic acids is 1. The van der Waals surface area contributed by atoms with E-state index in [9.17, 15) is 4.79 Å². The zero-order valence-electron chi connectivity index (χ0n) is 26.5. The van der Waals surface area contributed by atoms with Crippen LogP contribution in [0.4, 0.5) is 21.9 Å². The third kappa shape index (κ3) is 7.73. The molecule has 43 heavy (non-hydrogen) atoms. The molecule has 1 heterocycles. The monoisotopic (exact) mass is 588 g/mol. The van der Waals surface area contributed by atoms with Crippen molar-refractivity contribution in [2.24, 2.45) is 0 Å². The molecule has 0 aromatic heterocycles. The van der Waals surface area contributed by atoms with E-state index in [4.69, 9.17) is 19.9 Å². The fourth-order valence-electron chi connectivity index (χ4n) is 6.02. The molecular weight excluding hydrogens is 540 g/mol. The van der Waals surface area contributed by atoms with Gasteiger partial charge < -0.3 is 35.5 Å². The number of benzene rings is 3. The van der Waals surface area contributed by atoms with Crippen LogP contribution in [-0.4, -0.2) is 53.1 Å². The number of hydrogen-bond donors (Lipinski definition) is 3. The molecule has 0 bridgehead atoms. The molecule has 3 aromatic carbocycles. The first-order valence-corrected chi connectivity index (χ1v) is 15.3. The number of piperidine rings is 1. The summed E-state index contributed by atoms with van der Waals surface area (Å²) in [7, 11) is 3.36. The van der Waals surface area contributed by atoms with E-state index < -0.39 is 0 Å². The summed E-state index contributed by atoms with van der Waals surface area (Å²) in [5.74, 6) is 2.04. The smallest absolute Gasteiger partial charge is 0.319 e. The Bertz CT molecular complexity index is 1350. The molecule has 1 aliphatic rings. The van der Waals surface area contributed by atoms with Gasteiger partial charge in [-0.1, -0.05) is 52.0 Å². The number of amides is 2. The lowest BCUT2D eigenvalue weighted by molar-refractivity contribution is 0.146. The third-order valence-corrected chi connectivity index (χ3v) is 8.30. The van der Waals surface area contributed by atoms with Crippen LogP contribution in [-0.2, 0) is 10.2 Å². The van der Waals surface area contributed by atoms with E-state index in [0.717, 1.165) is 59.0 Å². The molecule has 4 rings (SSSR count). The van der Waals surface area contributed by atoms with Crippen molar-refractivity contribution in [1.29, 1.82) is 0 Å². The first-order chi connectivity index (χ1) is 20.7. The van der Waals surface area contributed by atoms with Crippen molar-refractivity contribution in [3.63, 3.8) is 0 Å². The predicted octanol–water partition coefficient (Wildman–Crippen LogP) is 6.91. The first-order valence-electron chi connectivity index (χ1n) is 15.3. The second kappa shape index (κ2) is 14.5. The summed E-state index contributed by atoms with van der Waals surface area (Å²) in [4.78, 5) is 16.0. The number of methoxy groups -OCH3 is 2. The first kappa shape index (κ1) is 32.0. The van der Waals surface area contributed by atoms with Crippen LogP contribution in [0.25, 0.3) is 0 Å². The van der Waals surface area contributed by atoms with Gasteiger partial charge in [0, 0.05) is 43.5 Å². The molecule has 1 saturated heterocycles. The van der Waals surface area contributed by atoms with Gasteiger partial charge in [0.25, 0.3) is 0 Å². The van der Waals surface area contributed by atoms with E-state index in [2.05, 4.69) is 61.4 Å². The van der Waals surface area contributed by atoms with Crippen LogP contribution in [0.1, 0.15) is 69.1 Å². The molecule has 232 valence electrons. The van der Waals surface area contributed by atoms with E-state index in [1.807, 2.05) is 42.5 Å². The van der Waals surface area contributed by atoms with Gasteiger partial charge in [0.15, 0.2) is 0 Å². The van der Waals surface area contributed by atoms with Crippen LogP contribution in [0.5, 0.6) is 11.5 Å². The van der Waals surface area contributed by atoms with Crippen LogP contribution in [0.3, 0.4) is 0 Å². The number of rotatable bonds is 12. The van der Waals surface area contributed by atoms with Crippen molar-refractivity contribution >= 4 is 23.1 Å². The molecule has 0 spiro atoms. The average molecular weight is 589 g/mol. The number of nitrogens with two attached hydrogens (primary N) is 1. The van der Waals surface area contributed by atoms with Crippen molar-refractivity contribution in [1.82, 2.24) is 5.32 Å². The Balaban J connectivity index is 1.63. The Morgan fingerprint density at radius 3 is 2.37 bits per heavy atom. The zero-order chi connectivity index (χ0) is 31.0. The molecule has 0 aliphatic carbocycles. The summed E-state index contributed by atoms with van der Waals surface area (Å²) in [5.41, 5.74) is 11.7. The number of carbonyl (C=O) groups is 1. The van der Waals surface area contributed by atoms with E-state index in [0.29, 0.717) is 32.0 Å². The quantitative estimate of drug-likeness (QED) is 0.157. The molecule has 0 saturated carbocycles. The van der Waals surface area contributed by atoms with E-state index in [1.165, 1.54) is 0 Å². The highest BCUT2D eigenvalue weighted by Gasteiger charge is 2.39. The van der Waals surface area contributed by atoms with Gasteiger partial charge in [0.1, 0.15) is 18.1 Å². The van der Waals surface area contributed by atoms with Crippen LogP contribution >= 0.6 is 0 Å². The van der Waals surface area contributed by atoms with Gasteiger partial charge in [0.05, 0.1) is 19.4 Å². The normalized spacial score (nSPS) is 16.8. The lowest BCUT2D eigenvalue weighted by Gasteiger charge is -2.45. The number of para-hydroxylation sites is 2. The number of urea groups is 1. The highest BCUT2D eigenvalue weighted by molar-refractivity contribution is 5.92. The van der Waals surface area contributed by atoms with Crippen molar-refractivity contribution in [3.05, 3.63) is 77.4 Å². The zero-order valence-corrected chi connectivity index (χ0v) is 26.5. The standard InChI is InChI=1S/C35H48N4O4/c1-24(2)29-20-27(36)21-30(25(3)4)33(29)38-34(40)37-22-35(26-11-9-12-28(19-26)42-6)15-10-16-39(23-35)31-13-7-8-14-32(31)43-18-17-41-5/h7-9,11-14,19-21,24-25H,10,15-18,22-23,36H2,1-6H3,(H2,37,38,40). The maximum atomic E-state index is 13.6. The highest BCUT2D eigenvalue weighted by atomic mass is 16.5. The number of nitrogen functional groups attached to an aromatic ring is 1. The number of anilines is 3. The minimum absolute atomic E-state index is 0.206. The number of nitrogens with zero attached hydrogens (tertiary/aromatic N) is 1. The summed E-state index contributed by atoms with van der Waals surface area (Å²) in [6.45, 7) is 11.5. The number of nitrogens with one attached hydrogen (secondary N) is 2. The molecule has 3 aromatic rings. The Morgan fingerprint density at radius 1 is 0.977 bits per heavy atom. The van der Waals surface area contributed by atoms with Crippen molar-refractivity contribution in [3.8, 4) is 11.5 Å². The Morgan fingerprint density at radius 2 is 1.70 bits per heavy atom. The fourth-order valence-corrected chi connectivity index (χ4v) is 6.02. The predicted molar refractivity (Wildman–Crippen MR) is 176 cm³/mol. The summed E-state index contributed by atoms with van der Waals surface area (Å²) >= 11 is 0. The minimum atomic E-state index is -0.355. The molecule has 1 atom stereocenters. The number of hydrogen-bond acceptors (Lipinski definition) is 6. The Hall–Kier alpha value is -3.91. The lowest BCUT2D eigenvalue weighted by atomic mass is 9.73. The summed E-state index contributed by atoms with van der Waals surface area (Å²) in [6.07, 6.45) is 1.87. The van der Waals surface area contributed by atoms with E-state index >= 15 is 0 Å². The largest absolute Gasteiger partial charge is 0.497 e.